The molecule has 10 heteroatoms. The third-order valence-corrected chi connectivity index (χ3v) is 4.89. The summed E-state index contributed by atoms with van der Waals surface area (Å²) in [5.41, 5.74) is 2.06. The number of nitrogens with one attached hydrogen (secondary N) is 1. The van der Waals surface area contributed by atoms with Crippen molar-refractivity contribution < 1.29 is 18.0 Å². The number of carbonyl (C=O) groups excluding carboxylic acids is 1. The number of anilines is 1. The van der Waals surface area contributed by atoms with Crippen molar-refractivity contribution in [2.45, 2.75) is 5.92 Å². The number of carbonyl (C=O) groups is 1. The second kappa shape index (κ2) is 7.08. The third-order valence-electron chi connectivity index (χ3n) is 4.89. The first-order valence-electron chi connectivity index (χ1n) is 9.39. The van der Waals surface area contributed by atoms with Gasteiger partial charge in [-0.25, -0.2) is 27.5 Å². The van der Waals surface area contributed by atoms with Gasteiger partial charge in [0.1, 0.15) is 5.82 Å². The van der Waals surface area contributed by atoms with Crippen molar-refractivity contribution in [2.24, 2.45) is 0 Å². The maximum absolute atomic E-state index is 14.5. The van der Waals surface area contributed by atoms with Gasteiger partial charge in [0, 0.05) is 23.6 Å². The average molecular weight is 424 g/mol. The zero-order valence-electron chi connectivity index (χ0n) is 16.0. The quantitative estimate of drug-likeness (QED) is 0.538. The molecule has 2 aromatic heterocycles. The van der Waals surface area contributed by atoms with Gasteiger partial charge in [0.2, 0.25) is 0 Å². The van der Waals surface area contributed by atoms with E-state index in [-0.39, 0.29) is 22.9 Å². The number of hydrogen-bond donors (Lipinski definition) is 1. The van der Waals surface area contributed by atoms with E-state index in [9.17, 15) is 18.0 Å². The van der Waals surface area contributed by atoms with Crippen LogP contribution in [0.25, 0.3) is 28.3 Å². The molecule has 5 rings (SSSR count). The number of halogens is 3. The minimum absolute atomic E-state index is 0.0542. The van der Waals surface area contributed by atoms with Gasteiger partial charge in [-0.1, -0.05) is 30.3 Å². The number of alkyl halides is 2. The molecule has 0 bridgehead atoms. The topological polar surface area (TPSA) is 75.4 Å². The number of aromatic nitrogens is 4. The van der Waals surface area contributed by atoms with Crippen molar-refractivity contribution in [1.82, 2.24) is 24.5 Å². The van der Waals surface area contributed by atoms with Crippen LogP contribution < -0.4 is 5.32 Å². The summed E-state index contributed by atoms with van der Waals surface area (Å²) in [6, 6.07) is 12.8. The summed E-state index contributed by atoms with van der Waals surface area (Å²) in [5, 5.41) is 6.80. The molecule has 0 aliphatic carbocycles. The summed E-state index contributed by atoms with van der Waals surface area (Å²) in [4.78, 5) is 21.6. The van der Waals surface area contributed by atoms with E-state index in [1.54, 1.807) is 12.4 Å². The first-order chi connectivity index (χ1) is 14.9. The molecule has 7 nitrogen and oxygen atoms in total. The van der Waals surface area contributed by atoms with E-state index in [1.807, 2.05) is 30.3 Å². The number of hydrogen-bond acceptors (Lipinski definition) is 4. The second-order valence-corrected chi connectivity index (χ2v) is 7.23. The summed E-state index contributed by atoms with van der Waals surface area (Å²) in [7, 11) is 0. The highest BCUT2D eigenvalue weighted by Crippen LogP contribution is 2.28. The van der Waals surface area contributed by atoms with Crippen LogP contribution in [0.4, 0.5) is 23.7 Å². The van der Waals surface area contributed by atoms with Crippen molar-refractivity contribution in [3.63, 3.8) is 0 Å². The summed E-state index contributed by atoms with van der Waals surface area (Å²) in [6.45, 7) is -1.29. The van der Waals surface area contributed by atoms with E-state index in [0.29, 0.717) is 0 Å². The van der Waals surface area contributed by atoms with Crippen molar-refractivity contribution in [2.75, 3.05) is 18.4 Å². The Hall–Kier alpha value is -3.95. The van der Waals surface area contributed by atoms with Gasteiger partial charge in [0.05, 0.1) is 18.7 Å². The van der Waals surface area contributed by atoms with Gasteiger partial charge in [-0.05, 0) is 23.8 Å². The SMILES string of the molecule is O=C(Nc1ccc(F)c(-c2nc3ncc(-c4ccccc4)cn3n2)c1)N1CC(F)(F)C1. The second-order valence-electron chi connectivity index (χ2n) is 7.23. The molecule has 0 spiro atoms. The lowest BCUT2D eigenvalue weighted by Crippen LogP contribution is -2.59. The average Bonchev–Trinajstić information content (AvgIpc) is 3.17. The van der Waals surface area contributed by atoms with Crippen LogP contribution in [0.3, 0.4) is 0 Å². The predicted octanol–water partition coefficient (Wildman–Crippen LogP) is 4.08. The molecular formula is C21H15F3N6O. The highest BCUT2D eigenvalue weighted by atomic mass is 19.3. The lowest BCUT2D eigenvalue weighted by atomic mass is 10.1. The molecule has 3 heterocycles. The van der Waals surface area contributed by atoms with E-state index < -0.39 is 30.9 Å². The summed E-state index contributed by atoms with van der Waals surface area (Å²) in [6.07, 6.45) is 3.39. The van der Waals surface area contributed by atoms with Crippen molar-refractivity contribution in [3.05, 3.63) is 66.7 Å². The maximum Gasteiger partial charge on any atom is 0.322 e. The van der Waals surface area contributed by atoms with Crippen LogP contribution in [-0.4, -0.2) is 49.5 Å². The molecule has 4 aromatic rings. The fourth-order valence-electron chi connectivity index (χ4n) is 3.31. The fraction of sp³-hybridized carbons (Fsp3) is 0.143. The zero-order chi connectivity index (χ0) is 21.6. The van der Waals surface area contributed by atoms with Gasteiger partial charge in [-0.15, -0.1) is 5.10 Å². The molecule has 2 aromatic carbocycles. The van der Waals surface area contributed by atoms with Gasteiger partial charge in [-0.2, -0.15) is 4.98 Å². The largest absolute Gasteiger partial charge is 0.322 e. The summed E-state index contributed by atoms with van der Waals surface area (Å²) >= 11 is 0. The number of nitrogens with zero attached hydrogens (tertiary/aromatic N) is 5. The monoisotopic (exact) mass is 424 g/mol. The Morgan fingerprint density at radius 2 is 1.84 bits per heavy atom. The smallest absolute Gasteiger partial charge is 0.312 e. The number of amides is 2. The van der Waals surface area contributed by atoms with Gasteiger partial charge >= 0.3 is 6.03 Å². The van der Waals surface area contributed by atoms with E-state index in [2.05, 4.69) is 20.4 Å². The number of benzene rings is 2. The van der Waals surface area contributed by atoms with E-state index >= 15 is 0 Å². The maximum atomic E-state index is 14.5. The van der Waals surface area contributed by atoms with Crippen LogP contribution in [-0.2, 0) is 0 Å². The molecule has 1 fully saturated rings. The molecular weight excluding hydrogens is 409 g/mol. The lowest BCUT2D eigenvalue weighted by Gasteiger charge is -2.38. The van der Waals surface area contributed by atoms with Gasteiger partial charge in [-0.3, -0.25) is 0 Å². The van der Waals surface area contributed by atoms with E-state index in [4.69, 9.17) is 0 Å². The molecule has 1 aliphatic heterocycles. The van der Waals surface area contributed by atoms with Crippen LogP contribution in [0.2, 0.25) is 0 Å². The molecule has 1 aliphatic rings. The Morgan fingerprint density at radius 3 is 2.58 bits per heavy atom. The van der Waals surface area contributed by atoms with Crippen LogP contribution in [0.15, 0.2) is 60.9 Å². The Labute approximate surface area is 174 Å². The minimum Gasteiger partial charge on any atom is -0.312 e. The number of rotatable bonds is 3. The molecule has 2 amide bonds. The van der Waals surface area contributed by atoms with Gasteiger partial charge in [0.25, 0.3) is 11.7 Å². The van der Waals surface area contributed by atoms with Crippen LogP contribution in [0.1, 0.15) is 0 Å². The first kappa shape index (κ1) is 19.0. The van der Waals surface area contributed by atoms with Gasteiger partial charge < -0.3 is 10.2 Å². The predicted molar refractivity (Wildman–Crippen MR) is 107 cm³/mol. The highest BCUT2D eigenvalue weighted by Gasteiger charge is 2.46. The molecule has 31 heavy (non-hydrogen) atoms. The molecule has 0 radical (unpaired) electrons. The number of urea groups is 1. The zero-order valence-corrected chi connectivity index (χ0v) is 16.0. The number of fused-ring (bicyclic) bond motifs is 1. The molecule has 0 atom stereocenters. The van der Waals surface area contributed by atoms with Gasteiger partial charge in [0.15, 0.2) is 5.82 Å². The molecule has 1 N–H and O–H groups in total. The van der Waals surface area contributed by atoms with Crippen LogP contribution in [0, 0.1) is 5.82 Å². The minimum atomic E-state index is -2.86. The van der Waals surface area contributed by atoms with Crippen LogP contribution >= 0.6 is 0 Å². The number of likely N-dealkylation sites (tertiary alicyclic amines) is 1. The lowest BCUT2D eigenvalue weighted by molar-refractivity contribution is -0.107. The fourth-order valence-corrected chi connectivity index (χ4v) is 3.31. The van der Waals surface area contributed by atoms with E-state index in [0.717, 1.165) is 22.1 Å². The molecule has 1 saturated heterocycles. The normalized spacial score (nSPS) is 15.0. The molecule has 0 unspecified atom stereocenters. The van der Waals surface area contributed by atoms with E-state index in [1.165, 1.54) is 16.6 Å². The highest BCUT2D eigenvalue weighted by molar-refractivity contribution is 5.90. The first-order valence-corrected chi connectivity index (χ1v) is 9.39. The van der Waals surface area contributed by atoms with Crippen molar-refractivity contribution >= 4 is 17.5 Å². The molecule has 0 saturated carbocycles. The van der Waals surface area contributed by atoms with Crippen molar-refractivity contribution in [1.29, 1.82) is 0 Å². The Morgan fingerprint density at radius 1 is 1.06 bits per heavy atom. The Kier molecular flexibility index (Phi) is 4.35. The summed E-state index contributed by atoms with van der Waals surface area (Å²) < 4.78 is 41.9. The third kappa shape index (κ3) is 3.67. The molecule has 156 valence electrons. The Balaban J connectivity index is 1.43. The van der Waals surface area contributed by atoms with Crippen molar-refractivity contribution in [3.8, 4) is 22.5 Å². The standard InChI is InChI=1S/C21H15F3N6O/c22-17-7-6-15(26-20(31)29-11-21(23,24)12-29)8-16(17)18-27-19-25-9-14(10-30(19)28-18)13-4-2-1-3-5-13/h1-10H,11-12H2,(H,26,31). The Bertz CT molecular complexity index is 1280. The summed E-state index contributed by atoms with van der Waals surface area (Å²) in [5.74, 6) is -3.09. The van der Waals surface area contributed by atoms with Crippen LogP contribution in [0.5, 0.6) is 0 Å².